The Balaban J connectivity index is 1.80. The van der Waals surface area contributed by atoms with Gasteiger partial charge < -0.3 is 14.8 Å². The molecule has 2 heterocycles. The van der Waals surface area contributed by atoms with E-state index in [4.69, 9.17) is 9.47 Å². The minimum Gasteiger partial charge on any atom is -0.464 e. The molecule has 2 aliphatic rings. The van der Waals surface area contributed by atoms with Gasteiger partial charge in [-0.25, -0.2) is 9.59 Å². The van der Waals surface area contributed by atoms with Gasteiger partial charge in [-0.3, -0.25) is 9.69 Å². The number of aromatic nitrogens is 4. The zero-order valence-electron chi connectivity index (χ0n) is 17.7. The van der Waals surface area contributed by atoms with Crippen molar-refractivity contribution in [1.29, 1.82) is 0 Å². The molecular weight excluding hydrogens is 392 g/mol. The SMILES string of the molecule is C=CC1CC1(NC(=O)[C@@H]1C[C@@H](c2nn[nH]n2)CN1C(=O)OC(C)(C)C)C(=O)OCC. The van der Waals surface area contributed by atoms with Crippen molar-refractivity contribution in [2.24, 2.45) is 5.92 Å². The standard InChI is InChI=1S/C19H28N6O5/c1-6-12-9-19(12,16(27)29-7-2)20-15(26)13-8-11(14-21-23-24-22-14)10-25(13)17(28)30-18(3,4)5/h6,11-13H,1,7-10H2,2-5H3,(H,20,26)(H,21,22,23,24)/t11-,12?,13+,19?/m1/s1. The number of carbonyl (C=O) groups excluding carboxylic acids is 3. The number of H-pyrrole nitrogens is 1. The summed E-state index contributed by atoms with van der Waals surface area (Å²) in [6.45, 7) is 11.1. The van der Waals surface area contributed by atoms with Crippen molar-refractivity contribution in [3.05, 3.63) is 18.5 Å². The fraction of sp³-hybridized carbons (Fsp3) is 0.684. The molecule has 2 unspecified atom stereocenters. The van der Waals surface area contributed by atoms with Crippen LogP contribution in [0.5, 0.6) is 0 Å². The maximum atomic E-state index is 13.2. The average molecular weight is 420 g/mol. The summed E-state index contributed by atoms with van der Waals surface area (Å²) in [6, 6.07) is -0.847. The van der Waals surface area contributed by atoms with Gasteiger partial charge in [0.15, 0.2) is 5.82 Å². The summed E-state index contributed by atoms with van der Waals surface area (Å²) < 4.78 is 10.6. The van der Waals surface area contributed by atoms with E-state index in [0.29, 0.717) is 12.2 Å². The highest BCUT2D eigenvalue weighted by Gasteiger charge is 2.62. The highest BCUT2D eigenvalue weighted by atomic mass is 16.6. The van der Waals surface area contributed by atoms with Gasteiger partial charge in [-0.1, -0.05) is 11.3 Å². The molecule has 1 aliphatic heterocycles. The Morgan fingerprint density at radius 1 is 1.40 bits per heavy atom. The van der Waals surface area contributed by atoms with Crippen molar-refractivity contribution in [2.75, 3.05) is 13.2 Å². The molecule has 1 aromatic heterocycles. The van der Waals surface area contributed by atoms with Crippen LogP contribution in [0.1, 0.15) is 52.3 Å². The molecule has 1 saturated heterocycles. The molecule has 2 N–H and O–H groups in total. The van der Waals surface area contributed by atoms with Crippen LogP contribution in [0, 0.1) is 5.92 Å². The molecule has 1 aliphatic carbocycles. The third-order valence-corrected chi connectivity index (χ3v) is 5.24. The summed E-state index contributed by atoms with van der Waals surface area (Å²) in [5.41, 5.74) is -1.86. The number of carbonyl (C=O) groups is 3. The largest absolute Gasteiger partial charge is 0.464 e. The van der Waals surface area contributed by atoms with E-state index < -0.39 is 35.2 Å². The summed E-state index contributed by atoms with van der Waals surface area (Å²) in [7, 11) is 0. The number of likely N-dealkylation sites (tertiary alicyclic amines) is 1. The molecule has 4 atom stereocenters. The Kier molecular flexibility index (Phi) is 5.82. The molecule has 0 radical (unpaired) electrons. The number of hydrogen-bond acceptors (Lipinski definition) is 8. The average Bonchev–Trinajstić information content (AvgIpc) is 3.04. The Morgan fingerprint density at radius 3 is 2.67 bits per heavy atom. The van der Waals surface area contributed by atoms with Crippen LogP contribution in [0.4, 0.5) is 4.79 Å². The molecule has 2 fully saturated rings. The van der Waals surface area contributed by atoms with Crippen LogP contribution in [0.25, 0.3) is 0 Å². The summed E-state index contributed by atoms with van der Waals surface area (Å²) >= 11 is 0. The number of tetrazole rings is 1. The normalized spacial score (nSPS) is 28.0. The predicted molar refractivity (Wildman–Crippen MR) is 104 cm³/mol. The first kappa shape index (κ1) is 21.7. The fourth-order valence-electron chi connectivity index (χ4n) is 3.70. The fourth-order valence-corrected chi connectivity index (χ4v) is 3.70. The molecule has 0 spiro atoms. The highest BCUT2D eigenvalue weighted by Crippen LogP contribution is 2.46. The molecule has 0 aromatic carbocycles. The lowest BCUT2D eigenvalue weighted by Gasteiger charge is -2.29. The molecule has 2 amide bonds. The number of aromatic amines is 1. The topological polar surface area (TPSA) is 139 Å². The lowest BCUT2D eigenvalue weighted by Crippen LogP contribution is -2.53. The molecule has 11 heteroatoms. The van der Waals surface area contributed by atoms with Gasteiger partial charge in [0.25, 0.3) is 0 Å². The first-order chi connectivity index (χ1) is 14.1. The molecule has 0 bridgehead atoms. The minimum absolute atomic E-state index is 0.198. The van der Waals surface area contributed by atoms with E-state index in [1.807, 2.05) is 0 Å². The highest BCUT2D eigenvalue weighted by molar-refractivity contribution is 5.95. The van der Waals surface area contributed by atoms with E-state index in [1.165, 1.54) is 4.90 Å². The Hall–Kier alpha value is -2.98. The van der Waals surface area contributed by atoms with Crippen molar-refractivity contribution in [1.82, 2.24) is 30.8 Å². The van der Waals surface area contributed by atoms with Gasteiger partial charge in [-0.2, -0.15) is 5.21 Å². The molecular formula is C19H28N6O5. The first-order valence-corrected chi connectivity index (χ1v) is 9.96. The number of amides is 2. The van der Waals surface area contributed by atoms with Crippen LogP contribution in [0.3, 0.4) is 0 Å². The van der Waals surface area contributed by atoms with E-state index in [9.17, 15) is 14.4 Å². The monoisotopic (exact) mass is 420 g/mol. The number of esters is 1. The molecule has 1 aromatic rings. The van der Waals surface area contributed by atoms with Crippen molar-refractivity contribution in [2.45, 2.75) is 63.6 Å². The van der Waals surface area contributed by atoms with Crippen LogP contribution < -0.4 is 5.32 Å². The second-order valence-electron chi connectivity index (χ2n) is 8.58. The van der Waals surface area contributed by atoms with E-state index in [0.717, 1.165) is 0 Å². The third-order valence-electron chi connectivity index (χ3n) is 5.24. The Morgan fingerprint density at radius 2 is 2.13 bits per heavy atom. The zero-order chi connectivity index (χ0) is 22.1. The molecule has 3 rings (SSSR count). The van der Waals surface area contributed by atoms with Crippen LogP contribution in [-0.2, 0) is 19.1 Å². The van der Waals surface area contributed by atoms with Crippen molar-refractivity contribution < 1.29 is 23.9 Å². The van der Waals surface area contributed by atoms with Crippen LogP contribution in [0.2, 0.25) is 0 Å². The van der Waals surface area contributed by atoms with E-state index >= 15 is 0 Å². The summed E-state index contributed by atoms with van der Waals surface area (Å²) in [6.07, 6.45) is 1.70. The maximum Gasteiger partial charge on any atom is 0.410 e. The summed E-state index contributed by atoms with van der Waals surface area (Å²) in [5.74, 6) is -1.05. The summed E-state index contributed by atoms with van der Waals surface area (Å²) in [4.78, 5) is 39.8. The van der Waals surface area contributed by atoms with Gasteiger partial charge in [-0.05, 0) is 40.5 Å². The minimum atomic E-state index is -1.14. The van der Waals surface area contributed by atoms with Crippen LogP contribution in [0.15, 0.2) is 12.7 Å². The lowest BCUT2D eigenvalue weighted by molar-refractivity contribution is -0.149. The van der Waals surface area contributed by atoms with Gasteiger partial charge in [0.05, 0.1) is 6.61 Å². The Bertz CT molecular complexity index is 820. The van der Waals surface area contributed by atoms with Crippen molar-refractivity contribution in [3.8, 4) is 0 Å². The Labute approximate surface area is 174 Å². The van der Waals surface area contributed by atoms with Crippen molar-refractivity contribution in [3.63, 3.8) is 0 Å². The van der Waals surface area contributed by atoms with E-state index in [-0.39, 0.29) is 31.4 Å². The van der Waals surface area contributed by atoms with Gasteiger partial charge in [0, 0.05) is 18.4 Å². The smallest absolute Gasteiger partial charge is 0.410 e. The third kappa shape index (κ3) is 4.29. The number of ether oxygens (including phenoxy) is 2. The number of rotatable bonds is 6. The molecule has 11 nitrogen and oxygen atoms in total. The number of nitrogens with zero attached hydrogens (tertiary/aromatic N) is 4. The van der Waals surface area contributed by atoms with Gasteiger partial charge in [-0.15, -0.1) is 16.8 Å². The zero-order valence-corrected chi connectivity index (χ0v) is 17.7. The van der Waals surface area contributed by atoms with Gasteiger partial charge in [0.1, 0.15) is 17.2 Å². The molecule has 1 saturated carbocycles. The molecule has 164 valence electrons. The second kappa shape index (κ2) is 8.04. The predicted octanol–water partition coefficient (Wildman–Crippen LogP) is 0.917. The lowest BCUT2D eigenvalue weighted by atomic mass is 10.0. The van der Waals surface area contributed by atoms with Gasteiger partial charge >= 0.3 is 12.1 Å². The van der Waals surface area contributed by atoms with E-state index in [1.54, 1.807) is 33.8 Å². The second-order valence-corrected chi connectivity index (χ2v) is 8.58. The first-order valence-electron chi connectivity index (χ1n) is 9.96. The maximum absolute atomic E-state index is 13.2. The summed E-state index contributed by atoms with van der Waals surface area (Å²) in [5, 5.41) is 16.7. The number of nitrogens with one attached hydrogen (secondary N) is 2. The number of hydrogen-bond donors (Lipinski definition) is 2. The van der Waals surface area contributed by atoms with Crippen molar-refractivity contribution >= 4 is 18.0 Å². The van der Waals surface area contributed by atoms with Crippen LogP contribution in [-0.4, -0.2) is 73.8 Å². The quantitative estimate of drug-likeness (QED) is 0.511. The van der Waals surface area contributed by atoms with Crippen LogP contribution >= 0.6 is 0 Å². The van der Waals surface area contributed by atoms with E-state index in [2.05, 4.69) is 32.5 Å². The van der Waals surface area contributed by atoms with Gasteiger partial charge in [0.2, 0.25) is 5.91 Å². The molecule has 30 heavy (non-hydrogen) atoms.